The number of rotatable bonds is 5. The first-order chi connectivity index (χ1) is 10.5. The van der Waals surface area contributed by atoms with Crippen molar-refractivity contribution >= 4 is 21.6 Å². The Kier molecular flexibility index (Phi) is 5.09. The molecule has 1 unspecified atom stereocenters. The van der Waals surface area contributed by atoms with E-state index in [1.54, 1.807) is 16.7 Å². The average Bonchev–Trinajstić information content (AvgIpc) is 3.07. The highest BCUT2D eigenvalue weighted by Crippen LogP contribution is 2.29. The second kappa shape index (κ2) is 6.88. The minimum atomic E-state index is -2.91. The van der Waals surface area contributed by atoms with E-state index in [0.717, 1.165) is 18.2 Å². The Hall–Kier alpha value is -0.600. The zero-order valence-corrected chi connectivity index (χ0v) is 14.6. The van der Waals surface area contributed by atoms with Gasteiger partial charge < -0.3 is 9.32 Å². The molecule has 1 aromatic heterocycles. The van der Waals surface area contributed by atoms with Crippen LogP contribution in [0.3, 0.4) is 0 Å². The zero-order valence-electron chi connectivity index (χ0n) is 13.0. The van der Waals surface area contributed by atoms with Crippen LogP contribution in [-0.2, 0) is 9.84 Å². The summed E-state index contributed by atoms with van der Waals surface area (Å²) in [4.78, 5) is 1.63. The molecule has 22 heavy (non-hydrogen) atoms. The lowest BCUT2D eigenvalue weighted by Gasteiger charge is -2.29. The van der Waals surface area contributed by atoms with Crippen molar-refractivity contribution in [2.24, 2.45) is 0 Å². The maximum Gasteiger partial charge on any atom is 0.276 e. The normalized spacial score (nSPS) is 31.4. The highest BCUT2D eigenvalue weighted by Gasteiger charge is 2.32. The van der Waals surface area contributed by atoms with Crippen LogP contribution < -0.4 is 4.90 Å². The topological polar surface area (TPSA) is 77.5 Å². The van der Waals surface area contributed by atoms with E-state index >= 15 is 0 Å². The summed E-state index contributed by atoms with van der Waals surface area (Å²) in [7, 11) is -0.632. The molecule has 1 aromatic rings. The van der Waals surface area contributed by atoms with Gasteiger partial charge in [-0.2, -0.15) is 0 Å². The molecule has 0 amide bonds. The number of aromatic nitrogens is 2. The Labute approximate surface area is 136 Å². The van der Waals surface area contributed by atoms with Crippen molar-refractivity contribution in [3.05, 3.63) is 5.89 Å². The van der Waals surface area contributed by atoms with Crippen LogP contribution >= 0.6 is 11.8 Å². The molecule has 2 saturated heterocycles. The molecular formula is C14H24N3O3S2+. The van der Waals surface area contributed by atoms with Gasteiger partial charge in [0.1, 0.15) is 0 Å². The fourth-order valence-electron chi connectivity index (χ4n) is 3.36. The third kappa shape index (κ3) is 4.02. The number of hydrogen-bond donors (Lipinski definition) is 1. The van der Waals surface area contributed by atoms with E-state index in [2.05, 4.69) is 17.2 Å². The van der Waals surface area contributed by atoms with Crippen LogP contribution in [0.15, 0.2) is 9.64 Å². The molecule has 2 aliphatic heterocycles. The Morgan fingerprint density at radius 2 is 2.18 bits per heavy atom. The number of nitrogens with one attached hydrogen (secondary N) is 1. The molecule has 3 atom stereocenters. The highest BCUT2D eigenvalue weighted by atomic mass is 32.2. The van der Waals surface area contributed by atoms with Crippen molar-refractivity contribution in [1.82, 2.24) is 10.2 Å². The Morgan fingerprint density at radius 1 is 1.32 bits per heavy atom. The first-order valence-corrected chi connectivity index (χ1v) is 10.8. The molecule has 0 bridgehead atoms. The predicted octanol–water partition coefficient (Wildman–Crippen LogP) is 0.521. The third-order valence-corrected chi connectivity index (χ3v) is 7.39. The van der Waals surface area contributed by atoms with Crippen molar-refractivity contribution in [3.8, 4) is 0 Å². The van der Waals surface area contributed by atoms with Crippen LogP contribution in [0.4, 0.5) is 0 Å². The van der Waals surface area contributed by atoms with Gasteiger partial charge in [-0.05, 0) is 25.7 Å². The van der Waals surface area contributed by atoms with Gasteiger partial charge in [-0.15, -0.1) is 10.2 Å². The number of thioether (sulfide) groups is 1. The van der Waals surface area contributed by atoms with Gasteiger partial charge in [0.15, 0.2) is 9.84 Å². The van der Waals surface area contributed by atoms with E-state index in [-0.39, 0.29) is 17.4 Å². The Balaban J connectivity index is 1.48. The minimum absolute atomic E-state index is 0.110. The molecule has 124 valence electrons. The van der Waals surface area contributed by atoms with E-state index < -0.39 is 9.84 Å². The van der Waals surface area contributed by atoms with Gasteiger partial charge in [-0.25, -0.2) is 8.42 Å². The SMILES string of the molecule is C[NH+]1CCCC[C@H]1CCSc1nnc([C@@H]2CCS(=O)(=O)C2)o1. The number of piperidine rings is 1. The van der Waals surface area contributed by atoms with Crippen molar-refractivity contribution in [3.63, 3.8) is 0 Å². The first-order valence-electron chi connectivity index (χ1n) is 8.02. The lowest BCUT2D eigenvalue weighted by Crippen LogP contribution is -3.13. The second-order valence-electron chi connectivity index (χ2n) is 6.43. The van der Waals surface area contributed by atoms with Crippen LogP contribution in [0.1, 0.15) is 43.9 Å². The molecule has 8 heteroatoms. The fraction of sp³-hybridized carbons (Fsp3) is 0.857. The van der Waals surface area contributed by atoms with Gasteiger partial charge in [-0.3, -0.25) is 0 Å². The molecule has 6 nitrogen and oxygen atoms in total. The molecule has 0 aromatic carbocycles. The van der Waals surface area contributed by atoms with Crippen LogP contribution in [0.2, 0.25) is 0 Å². The summed E-state index contributed by atoms with van der Waals surface area (Å²) >= 11 is 1.59. The molecular weight excluding hydrogens is 322 g/mol. The maximum absolute atomic E-state index is 11.5. The minimum Gasteiger partial charge on any atom is -0.416 e. The fourth-order valence-corrected chi connectivity index (χ4v) is 5.91. The number of sulfone groups is 1. The maximum atomic E-state index is 11.5. The smallest absolute Gasteiger partial charge is 0.276 e. The summed E-state index contributed by atoms with van der Waals surface area (Å²) in [5.74, 6) is 1.74. The number of nitrogens with zero attached hydrogens (tertiary/aromatic N) is 2. The van der Waals surface area contributed by atoms with E-state index in [1.807, 2.05) is 0 Å². The van der Waals surface area contributed by atoms with E-state index in [1.165, 1.54) is 25.8 Å². The quantitative estimate of drug-likeness (QED) is 0.784. The first kappa shape index (κ1) is 16.3. The second-order valence-corrected chi connectivity index (χ2v) is 9.71. The zero-order chi connectivity index (χ0) is 15.6. The molecule has 0 spiro atoms. The lowest BCUT2D eigenvalue weighted by atomic mass is 10.0. The van der Waals surface area contributed by atoms with Crippen molar-refractivity contribution in [1.29, 1.82) is 0 Å². The molecule has 3 rings (SSSR count). The molecule has 2 aliphatic rings. The highest BCUT2D eigenvalue weighted by molar-refractivity contribution is 7.99. The van der Waals surface area contributed by atoms with Crippen LogP contribution in [0.5, 0.6) is 0 Å². The molecule has 0 aliphatic carbocycles. The number of hydrogen-bond acceptors (Lipinski definition) is 6. The van der Waals surface area contributed by atoms with Crippen LogP contribution in [-0.4, -0.2) is 55.5 Å². The van der Waals surface area contributed by atoms with E-state index in [0.29, 0.717) is 17.5 Å². The lowest BCUT2D eigenvalue weighted by molar-refractivity contribution is -0.911. The standard InChI is InChI=1S/C14H23N3O3S2/c1-17-7-3-2-4-12(17)5-8-21-14-16-15-13(20-14)11-6-9-22(18,19)10-11/h11-12H,2-10H2,1H3/p+1/t11-,12+/m1/s1. The van der Waals surface area contributed by atoms with Gasteiger partial charge in [-0.1, -0.05) is 11.8 Å². The summed E-state index contributed by atoms with van der Waals surface area (Å²) < 4.78 is 28.6. The predicted molar refractivity (Wildman–Crippen MR) is 85.0 cm³/mol. The molecule has 0 radical (unpaired) electrons. The monoisotopic (exact) mass is 346 g/mol. The van der Waals surface area contributed by atoms with Gasteiger partial charge in [0.25, 0.3) is 5.22 Å². The molecule has 2 fully saturated rings. The largest absolute Gasteiger partial charge is 0.416 e. The van der Waals surface area contributed by atoms with Crippen molar-refractivity contribution in [2.75, 3.05) is 30.9 Å². The van der Waals surface area contributed by atoms with Crippen molar-refractivity contribution in [2.45, 2.75) is 49.3 Å². The Morgan fingerprint density at radius 3 is 2.91 bits per heavy atom. The summed E-state index contributed by atoms with van der Waals surface area (Å²) in [5, 5.41) is 8.67. The number of quaternary nitrogens is 1. The van der Waals surface area contributed by atoms with Gasteiger partial charge in [0.05, 0.1) is 37.1 Å². The molecule has 0 saturated carbocycles. The van der Waals surface area contributed by atoms with Gasteiger partial charge in [0, 0.05) is 12.2 Å². The van der Waals surface area contributed by atoms with E-state index in [4.69, 9.17) is 4.42 Å². The van der Waals surface area contributed by atoms with Crippen LogP contribution in [0.25, 0.3) is 0 Å². The Bertz CT molecular complexity index is 602. The summed E-state index contributed by atoms with van der Waals surface area (Å²) in [6.45, 7) is 1.27. The van der Waals surface area contributed by atoms with Gasteiger partial charge in [0.2, 0.25) is 5.89 Å². The van der Waals surface area contributed by atoms with Gasteiger partial charge >= 0.3 is 0 Å². The summed E-state index contributed by atoms with van der Waals surface area (Å²) in [6.07, 6.45) is 5.75. The third-order valence-electron chi connectivity index (χ3n) is 4.77. The van der Waals surface area contributed by atoms with E-state index in [9.17, 15) is 8.42 Å². The summed E-state index contributed by atoms with van der Waals surface area (Å²) in [6, 6.07) is 0.739. The molecule has 3 heterocycles. The van der Waals surface area contributed by atoms with Crippen molar-refractivity contribution < 1.29 is 17.7 Å². The molecule has 1 N–H and O–H groups in total. The average molecular weight is 346 g/mol. The summed E-state index contributed by atoms with van der Waals surface area (Å²) in [5.41, 5.74) is 0. The van der Waals surface area contributed by atoms with Crippen LogP contribution in [0, 0.1) is 0 Å². The number of likely N-dealkylation sites (tertiary alicyclic amines) is 1.